The zero-order valence-corrected chi connectivity index (χ0v) is 12.5. The number of nitrogens with one attached hydrogen (secondary N) is 1. The maximum absolute atomic E-state index is 12.3. The Balaban J connectivity index is 0.00000161. The Morgan fingerprint density at radius 3 is 2.48 bits per heavy atom. The van der Waals surface area contributed by atoms with E-state index in [1.54, 1.807) is 18.2 Å². The third-order valence-electron chi connectivity index (χ3n) is 4.09. The van der Waals surface area contributed by atoms with Crippen LogP contribution in [0.25, 0.3) is 0 Å². The molecular formula is C15H20ClF2NO2. The molecule has 0 amide bonds. The largest absolute Gasteiger partial charge is 0.434 e. The number of hydrogen-bond donors (Lipinski definition) is 1. The summed E-state index contributed by atoms with van der Waals surface area (Å²) in [7, 11) is 0. The third-order valence-corrected chi connectivity index (χ3v) is 4.09. The first kappa shape index (κ1) is 16.5. The number of benzene rings is 1. The van der Waals surface area contributed by atoms with Gasteiger partial charge in [-0.05, 0) is 31.7 Å². The van der Waals surface area contributed by atoms with E-state index in [4.69, 9.17) is 4.74 Å². The van der Waals surface area contributed by atoms with Crippen LogP contribution in [-0.4, -0.2) is 24.8 Å². The molecule has 21 heavy (non-hydrogen) atoms. The second kappa shape index (κ2) is 7.38. The van der Waals surface area contributed by atoms with E-state index in [0.29, 0.717) is 24.3 Å². The maximum Gasteiger partial charge on any atom is 0.387 e. The van der Waals surface area contributed by atoms with Gasteiger partial charge in [0.2, 0.25) is 0 Å². The number of piperidine rings is 1. The number of hydrogen-bond acceptors (Lipinski definition) is 3. The molecule has 2 heterocycles. The Hall–Kier alpha value is -0.910. The van der Waals surface area contributed by atoms with Gasteiger partial charge in [0.05, 0.1) is 12.7 Å². The van der Waals surface area contributed by atoms with Crippen LogP contribution in [-0.2, 0) is 11.3 Å². The zero-order chi connectivity index (χ0) is 13.9. The lowest BCUT2D eigenvalue weighted by atomic mass is 10.0. The fourth-order valence-electron chi connectivity index (χ4n) is 3.18. The minimum Gasteiger partial charge on any atom is -0.434 e. The van der Waals surface area contributed by atoms with Gasteiger partial charge in [-0.15, -0.1) is 12.4 Å². The van der Waals surface area contributed by atoms with Crippen LogP contribution >= 0.6 is 12.4 Å². The van der Waals surface area contributed by atoms with Crippen LogP contribution in [0.15, 0.2) is 24.3 Å². The van der Waals surface area contributed by atoms with E-state index in [1.807, 2.05) is 6.07 Å². The van der Waals surface area contributed by atoms with Gasteiger partial charge in [-0.3, -0.25) is 0 Å². The van der Waals surface area contributed by atoms with Gasteiger partial charge < -0.3 is 14.8 Å². The van der Waals surface area contributed by atoms with E-state index in [2.05, 4.69) is 10.1 Å². The molecule has 2 aliphatic rings. The van der Waals surface area contributed by atoms with Crippen molar-refractivity contribution in [3.05, 3.63) is 29.8 Å². The minimum atomic E-state index is -2.80. The molecule has 0 aliphatic carbocycles. The summed E-state index contributed by atoms with van der Waals surface area (Å²) >= 11 is 0. The lowest BCUT2D eigenvalue weighted by molar-refractivity contribution is -0.0526. The summed E-state index contributed by atoms with van der Waals surface area (Å²) in [4.78, 5) is 0. The van der Waals surface area contributed by atoms with Gasteiger partial charge in [-0.1, -0.05) is 18.2 Å². The summed E-state index contributed by atoms with van der Waals surface area (Å²) in [6, 6.07) is 7.94. The number of para-hydroxylation sites is 1. The summed E-state index contributed by atoms with van der Waals surface area (Å²) < 4.78 is 35.1. The fourth-order valence-corrected chi connectivity index (χ4v) is 3.18. The van der Waals surface area contributed by atoms with E-state index in [9.17, 15) is 8.78 Å². The molecular weight excluding hydrogens is 300 g/mol. The van der Waals surface area contributed by atoms with Crippen molar-refractivity contribution < 1.29 is 18.3 Å². The van der Waals surface area contributed by atoms with Crippen LogP contribution in [0.3, 0.4) is 0 Å². The molecule has 2 saturated heterocycles. The van der Waals surface area contributed by atoms with E-state index in [0.717, 1.165) is 12.8 Å². The smallest absolute Gasteiger partial charge is 0.387 e. The molecule has 1 aromatic carbocycles. The lowest BCUT2D eigenvalue weighted by Gasteiger charge is -2.29. The summed E-state index contributed by atoms with van der Waals surface area (Å²) in [5.41, 5.74) is 0.679. The molecule has 1 N–H and O–H groups in total. The fraction of sp³-hybridized carbons (Fsp3) is 0.600. The lowest BCUT2D eigenvalue weighted by Crippen LogP contribution is -2.41. The van der Waals surface area contributed by atoms with Crippen LogP contribution < -0.4 is 10.1 Å². The predicted octanol–water partition coefficient (Wildman–Crippen LogP) is 3.51. The van der Waals surface area contributed by atoms with Gasteiger partial charge in [-0.2, -0.15) is 8.78 Å². The molecule has 1 unspecified atom stereocenters. The highest BCUT2D eigenvalue weighted by molar-refractivity contribution is 5.85. The highest BCUT2D eigenvalue weighted by Crippen LogP contribution is 2.30. The summed E-state index contributed by atoms with van der Waals surface area (Å²) in [6.07, 6.45) is 4.67. The molecule has 0 spiro atoms. The molecule has 6 heteroatoms. The molecule has 118 valence electrons. The Labute approximate surface area is 129 Å². The second-order valence-electron chi connectivity index (χ2n) is 5.53. The molecule has 1 aromatic rings. The molecule has 2 bridgehead atoms. The van der Waals surface area contributed by atoms with Crippen LogP contribution in [0, 0.1) is 0 Å². The van der Waals surface area contributed by atoms with Crippen molar-refractivity contribution in [1.82, 2.24) is 5.32 Å². The number of halogens is 3. The molecule has 0 radical (unpaired) electrons. The number of rotatable bonds is 5. The average Bonchev–Trinajstić information content (AvgIpc) is 2.76. The van der Waals surface area contributed by atoms with Gasteiger partial charge in [0.1, 0.15) is 5.75 Å². The zero-order valence-electron chi connectivity index (χ0n) is 11.6. The first-order valence-corrected chi connectivity index (χ1v) is 7.11. The predicted molar refractivity (Wildman–Crippen MR) is 78.1 cm³/mol. The van der Waals surface area contributed by atoms with Crippen LogP contribution in [0.1, 0.15) is 31.2 Å². The normalized spacial score (nSPS) is 27.5. The van der Waals surface area contributed by atoms with Crippen molar-refractivity contribution >= 4 is 12.4 Å². The molecule has 0 aromatic heterocycles. The average molecular weight is 320 g/mol. The van der Waals surface area contributed by atoms with Crippen LogP contribution in [0.2, 0.25) is 0 Å². The number of alkyl halides is 2. The van der Waals surface area contributed by atoms with Gasteiger partial charge >= 0.3 is 6.61 Å². The monoisotopic (exact) mass is 319 g/mol. The first-order chi connectivity index (χ1) is 9.70. The second-order valence-corrected chi connectivity index (χ2v) is 5.53. The van der Waals surface area contributed by atoms with E-state index >= 15 is 0 Å². The van der Waals surface area contributed by atoms with Crippen LogP contribution in [0.5, 0.6) is 5.75 Å². The van der Waals surface area contributed by atoms with E-state index in [-0.39, 0.29) is 24.3 Å². The highest BCUT2D eigenvalue weighted by Gasteiger charge is 2.33. The molecule has 3 rings (SSSR count). The minimum absolute atomic E-state index is 0. The van der Waals surface area contributed by atoms with Crippen molar-refractivity contribution in [2.75, 3.05) is 0 Å². The Morgan fingerprint density at radius 2 is 1.81 bits per heavy atom. The standard InChI is InChI=1S/C15H19F2NO2.ClH/c16-15(17)20-14-4-2-1-3-10(14)9-19-13-7-11-5-6-12(8-13)18-11;/h1-4,11-13,15,18H,5-9H2;1H/t11-,12+,13?;. The van der Waals surface area contributed by atoms with Crippen molar-refractivity contribution in [3.8, 4) is 5.75 Å². The van der Waals surface area contributed by atoms with Crippen molar-refractivity contribution in [1.29, 1.82) is 0 Å². The highest BCUT2D eigenvalue weighted by atomic mass is 35.5. The molecule has 0 saturated carbocycles. The topological polar surface area (TPSA) is 30.5 Å². The quantitative estimate of drug-likeness (QED) is 0.901. The van der Waals surface area contributed by atoms with Gasteiger partial charge in [0.15, 0.2) is 0 Å². The van der Waals surface area contributed by atoms with Crippen molar-refractivity contribution in [2.24, 2.45) is 0 Å². The summed E-state index contributed by atoms with van der Waals surface area (Å²) in [5, 5.41) is 3.55. The van der Waals surface area contributed by atoms with Gasteiger partial charge in [0, 0.05) is 17.6 Å². The Kier molecular flexibility index (Phi) is 5.79. The molecule has 2 fully saturated rings. The van der Waals surface area contributed by atoms with Crippen molar-refractivity contribution in [2.45, 2.75) is 57.1 Å². The molecule has 3 nitrogen and oxygen atoms in total. The maximum atomic E-state index is 12.3. The van der Waals surface area contributed by atoms with E-state index < -0.39 is 6.61 Å². The third kappa shape index (κ3) is 4.28. The van der Waals surface area contributed by atoms with Gasteiger partial charge in [-0.25, -0.2) is 0 Å². The molecule has 3 atom stereocenters. The van der Waals surface area contributed by atoms with Crippen molar-refractivity contribution in [3.63, 3.8) is 0 Å². The Morgan fingerprint density at radius 1 is 1.14 bits per heavy atom. The van der Waals surface area contributed by atoms with E-state index in [1.165, 1.54) is 12.8 Å². The molecule has 2 aliphatic heterocycles. The summed E-state index contributed by atoms with van der Waals surface area (Å²) in [6.45, 7) is -2.47. The SMILES string of the molecule is Cl.FC(F)Oc1ccccc1COC1C[C@H]2CC[C@@H](C1)N2. The number of fused-ring (bicyclic) bond motifs is 2. The first-order valence-electron chi connectivity index (χ1n) is 7.11. The van der Waals surface area contributed by atoms with Gasteiger partial charge in [0.25, 0.3) is 0 Å². The Bertz CT molecular complexity index is 449. The summed E-state index contributed by atoms with van der Waals surface area (Å²) in [5.74, 6) is 0.208. The van der Waals surface area contributed by atoms with Crippen LogP contribution in [0.4, 0.5) is 8.78 Å². The number of ether oxygens (including phenoxy) is 2.